The zero-order valence-corrected chi connectivity index (χ0v) is 12.0. The molecule has 2 atom stereocenters. The number of nitrogens with one attached hydrogen (secondary N) is 1. The van der Waals surface area contributed by atoms with E-state index in [1.807, 2.05) is 27.7 Å². The van der Waals surface area contributed by atoms with Gasteiger partial charge in [-0.2, -0.15) is 0 Å². The molecule has 1 amide bonds. The molecule has 0 aliphatic heterocycles. The fourth-order valence-corrected chi connectivity index (χ4v) is 1.72. The number of methoxy groups -OCH3 is 1. The van der Waals surface area contributed by atoms with Crippen LogP contribution < -0.4 is 11.1 Å². The average Bonchev–Trinajstić information content (AvgIpc) is 2.25. The first-order valence-electron chi connectivity index (χ1n) is 6.41. The molecule has 5 heteroatoms. The molecule has 0 aromatic carbocycles. The minimum atomic E-state index is -0.610. The predicted molar refractivity (Wildman–Crippen MR) is 70.8 cm³/mol. The molecule has 0 aliphatic rings. The topological polar surface area (TPSA) is 81.4 Å². The highest BCUT2D eigenvalue weighted by Gasteiger charge is 2.25. The smallest absolute Gasteiger partial charge is 0.328 e. The third-order valence-electron chi connectivity index (χ3n) is 2.57. The molecule has 18 heavy (non-hydrogen) atoms. The van der Waals surface area contributed by atoms with Crippen LogP contribution in [0.3, 0.4) is 0 Å². The van der Waals surface area contributed by atoms with Crippen LogP contribution in [0.15, 0.2) is 0 Å². The molecular weight excluding hydrogens is 232 g/mol. The number of esters is 1. The van der Waals surface area contributed by atoms with E-state index >= 15 is 0 Å². The highest BCUT2D eigenvalue weighted by Crippen LogP contribution is 2.08. The van der Waals surface area contributed by atoms with Crippen LogP contribution in [0.4, 0.5) is 0 Å². The lowest BCUT2D eigenvalue weighted by atomic mass is 10.0. The minimum absolute atomic E-state index is 0.288. The summed E-state index contributed by atoms with van der Waals surface area (Å²) in [7, 11) is 1.32. The van der Waals surface area contributed by atoms with Crippen LogP contribution in [0, 0.1) is 11.8 Å². The fourth-order valence-electron chi connectivity index (χ4n) is 1.72. The molecule has 3 N–H and O–H groups in total. The van der Waals surface area contributed by atoms with Crippen LogP contribution in [0.1, 0.15) is 40.5 Å². The van der Waals surface area contributed by atoms with Gasteiger partial charge in [-0.3, -0.25) is 4.79 Å². The van der Waals surface area contributed by atoms with Crippen molar-refractivity contribution in [1.29, 1.82) is 0 Å². The quantitative estimate of drug-likeness (QED) is 0.669. The summed E-state index contributed by atoms with van der Waals surface area (Å²) in [6, 6.07) is -1.19. The third kappa shape index (κ3) is 6.59. The van der Waals surface area contributed by atoms with Crippen molar-refractivity contribution in [3.8, 4) is 0 Å². The van der Waals surface area contributed by atoms with Gasteiger partial charge in [0.2, 0.25) is 5.91 Å². The van der Waals surface area contributed by atoms with Gasteiger partial charge in [0.05, 0.1) is 13.2 Å². The molecule has 0 fully saturated rings. The van der Waals surface area contributed by atoms with Gasteiger partial charge in [-0.1, -0.05) is 27.7 Å². The standard InChI is InChI=1S/C13H26N2O3/c1-8(2)6-10(14)12(16)15-11(7-9(3)4)13(17)18-5/h8-11H,6-7,14H2,1-5H3,(H,15,16). The zero-order chi connectivity index (χ0) is 14.3. The summed E-state index contributed by atoms with van der Waals surface area (Å²) >= 11 is 0. The van der Waals surface area contributed by atoms with Gasteiger partial charge in [0, 0.05) is 0 Å². The van der Waals surface area contributed by atoms with E-state index in [2.05, 4.69) is 10.1 Å². The number of hydrogen-bond acceptors (Lipinski definition) is 4. The molecule has 106 valence electrons. The lowest BCUT2D eigenvalue weighted by Gasteiger charge is -2.21. The van der Waals surface area contributed by atoms with E-state index in [0.29, 0.717) is 18.8 Å². The second kappa shape index (κ2) is 8.08. The number of ether oxygens (including phenoxy) is 1. The molecule has 0 aliphatic carbocycles. The number of nitrogens with two attached hydrogens (primary N) is 1. The minimum Gasteiger partial charge on any atom is -0.467 e. The van der Waals surface area contributed by atoms with Crippen molar-refractivity contribution in [2.75, 3.05) is 7.11 Å². The Labute approximate surface area is 109 Å². The summed E-state index contributed by atoms with van der Waals surface area (Å²) in [5.74, 6) is -0.0864. The Balaban J connectivity index is 4.47. The molecule has 0 aromatic heterocycles. The number of amides is 1. The van der Waals surface area contributed by atoms with Gasteiger partial charge in [0.1, 0.15) is 6.04 Å². The third-order valence-corrected chi connectivity index (χ3v) is 2.57. The van der Waals surface area contributed by atoms with E-state index in [1.165, 1.54) is 7.11 Å². The summed E-state index contributed by atoms with van der Waals surface area (Å²) in [5, 5.41) is 2.67. The van der Waals surface area contributed by atoms with Crippen molar-refractivity contribution in [3.63, 3.8) is 0 Å². The SMILES string of the molecule is COC(=O)C(CC(C)C)NC(=O)C(N)CC(C)C. The summed E-state index contributed by atoms with van der Waals surface area (Å²) in [6.07, 6.45) is 1.15. The Morgan fingerprint density at radius 1 is 1.11 bits per heavy atom. The van der Waals surface area contributed by atoms with E-state index in [-0.39, 0.29) is 11.8 Å². The van der Waals surface area contributed by atoms with Gasteiger partial charge in [-0.05, 0) is 24.7 Å². The maximum Gasteiger partial charge on any atom is 0.328 e. The second-order valence-electron chi connectivity index (χ2n) is 5.45. The van der Waals surface area contributed by atoms with Gasteiger partial charge in [0.25, 0.3) is 0 Å². The van der Waals surface area contributed by atoms with Crippen molar-refractivity contribution < 1.29 is 14.3 Å². The number of hydrogen-bond donors (Lipinski definition) is 2. The van der Waals surface area contributed by atoms with Crippen molar-refractivity contribution in [3.05, 3.63) is 0 Å². The molecule has 0 bridgehead atoms. The van der Waals surface area contributed by atoms with E-state index in [4.69, 9.17) is 5.73 Å². The molecule has 0 saturated carbocycles. The maximum absolute atomic E-state index is 11.8. The Morgan fingerprint density at radius 2 is 1.61 bits per heavy atom. The van der Waals surface area contributed by atoms with Gasteiger partial charge < -0.3 is 15.8 Å². The van der Waals surface area contributed by atoms with Gasteiger partial charge in [0.15, 0.2) is 0 Å². The summed E-state index contributed by atoms with van der Waals surface area (Å²) in [5.41, 5.74) is 5.77. The van der Waals surface area contributed by atoms with E-state index < -0.39 is 18.1 Å². The van der Waals surface area contributed by atoms with E-state index in [0.717, 1.165) is 0 Å². The van der Waals surface area contributed by atoms with Gasteiger partial charge in [-0.15, -0.1) is 0 Å². The van der Waals surface area contributed by atoms with Crippen molar-refractivity contribution in [2.45, 2.75) is 52.6 Å². The van der Waals surface area contributed by atoms with Crippen LogP contribution in [0.2, 0.25) is 0 Å². The predicted octanol–water partition coefficient (Wildman–Crippen LogP) is 1.06. The van der Waals surface area contributed by atoms with Gasteiger partial charge >= 0.3 is 5.97 Å². The molecule has 0 spiro atoms. The van der Waals surface area contributed by atoms with Crippen LogP contribution in [-0.2, 0) is 14.3 Å². The van der Waals surface area contributed by atoms with Gasteiger partial charge in [-0.25, -0.2) is 4.79 Å². The summed E-state index contributed by atoms with van der Waals surface area (Å²) in [4.78, 5) is 23.4. The first-order valence-corrected chi connectivity index (χ1v) is 6.41. The first kappa shape index (κ1) is 16.9. The molecule has 0 saturated heterocycles. The Morgan fingerprint density at radius 3 is 2.00 bits per heavy atom. The fraction of sp³-hybridized carbons (Fsp3) is 0.846. The van der Waals surface area contributed by atoms with Crippen LogP contribution in [0.5, 0.6) is 0 Å². The van der Waals surface area contributed by atoms with Crippen molar-refractivity contribution >= 4 is 11.9 Å². The largest absolute Gasteiger partial charge is 0.467 e. The Hall–Kier alpha value is -1.10. The zero-order valence-electron chi connectivity index (χ0n) is 12.0. The molecule has 0 rings (SSSR count). The molecule has 0 heterocycles. The average molecular weight is 258 g/mol. The first-order chi connectivity index (χ1) is 8.27. The Kier molecular flexibility index (Phi) is 7.59. The number of rotatable bonds is 7. The number of carbonyl (C=O) groups is 2. The maximum atomic E-state index is 11.8. The van der Waals surface area contributed by atoms with Crippen LogP contribution >= 0.6 is 0 Å². The van der Waals surface area contributed by atoms with Crippen LogP contribution in [-0.4, -0.2) is 31.1 Å². The number of carbonyl (C=O) groups excluding carboxylic acids is 2. The summed E-state index contributed by atoms with van der Waals surface area (Å²) in [6.45, 7) is 7.96. The van der Waals surface area contributed by atoms with Crippen molar-refractivity contribution in [2.24, 2.45) is 17.6 Å². The second-order valence-corrected chi connectivity index (χ2v) is 5.45. The molecule has 5 nitrogen and oxygen atoms in total. The lowest BCUT2D eigenvalue weighted by Crippen LogP contribution is -2.49. The molecule has 0 aromatic rings. The van der Waals surface area contributed by atoms with Crippen LogP contribution in [0.25, 0.3) is 0 Å². The monoisotopic (exact) mass is 258 g/mol. The van der Waals surface area contributed by atoms with E-state index in [9.17, 15) is 9.59 Å². The highest BCUT2D eigenvalue weighted by molar-refractivity contribution is 5.87. The Bertz CT molecular complexity index is 277. The normalized spacial score (nSPS) is 14.4. The molecule has 0 radical (unpaired) electrons. The van der Waals surface area contributed by atoms with E-state index in [1.54, 1.807) is 0 Å². The lowest BCUT2D eigenvalue weighted by molar-refractivity contribution is -0.145. The summed E-state index contributed by atoms with van der Waals surface area (Å²) < 4.78 is 4.68. The van der Waals surface area contributed by atoms with Crippen molar-refractivity contribution in [1.82, 2.24) is 5.32 Å². The molecule has 2 unspecified atom stereocenters. The molecular formula is C13H26N2O3. The highest BCUT2D eigenvalue weighted by atomic mass is 16.5.